The van der Waals surface area contributed by atoms with Gasteiger partial charge in [-0.25, -0.2) is 4.39 Å². The average Bonchev–Trinajstić information content (AvgIpc) is 2.49. The van der Waals surface area contributed by atoms with E-state index in [1.54, 1.807) is 0 Å². The Balaban J connectivity index is 3.09. The van der Waals surface area contributed by atoms with E-state index in [0.29, 0.717) is 46.2 Å². The van der Waals surface area contributed by atoms with Gasteiger partial charge in [-0.1, -0.05) is 0 Å². The fourth-order valence-electron chi connectivity index (χ4n) is 1.30. The Bertz CT molecular complexity index is 265. The summed E-state index contributed by atoms with van der Waals surface area (Å²) in [5, 5.41) is 2.39. The zero-order chi connectivity index (χ0) is 16.5. The fraction of sp³-hybridized carbons (Fsp3) is 0.923. The molecule has 0 aromatic heterocycles. The maximum atomic E-state index is 13.2. The molecule has 0 bridgehead atoms. The molecule has 0 rings (SSSR count). The summed E-state index contributed by atoms with van der Waals surface area (Å²) >= 11 is 2.06. The fourth-order valence-corrected chi connectivity index (χ4v) is 1.52. The van der Waals surface area contributed by atoms with Crippen LogP contribution in [0.3, 0.4) is 0 Å². The van der Waals surface area contributed by atoms with Crippen molar-refractivity contribution in [2.24, 2.45) is 0 Å². The molecule has 1 atom stereocenters. The molecule has 0 spiro atoms. The molecule has 0 fully saturated rings. The van der Waals surface area contributed by atoms with Gasteiger partial charge < -0.3 is 24.3 Å². The number of halogens is 2. The van der Waals surface area contributed by atoms with Crippen molar-refractivity contribution in [3.05, 3.63) is 0 Å². The SMILES string of the molecule is CC(=O)NCC(F)COCCOCCOCCOCCNI. The Morgan fingerprint density at radius 1 is 1.00 bits per heavy atom. The van der Waals surface area contributed by atoms with E-state index in [0.717, 1.165) is 6.54 Å². The zero-order valence-electron chi connectivity index (χ0n) is 12.9. The highest BCUT2D eigenvalue weighted by Gasteiger charge is 2.06. The third kappa shape index (κ3) is 18.0. The van der Waals surface area contributed by atoms with Crippen molar-refractivity contribution in [2.45, 2.75) is 13.1 Å². The van der Waals surface area contributed by atoms with Crippen molar-refractivity contribution in [2.75, 3.05) is 65.9 Å². The molecule has 1 unspecified atom stereocenters. The standard InChI is InChI=1S/C13H26FIN2O5/c1-12(18)16-10-13(14)11-22-9-8-21-7-6-20-5-4-19-3-2-17-15/h13,17H,2-11H2,1H3,(H,16,18). The molecule has 0 aliphatic heterocycles. The lowest BCUT2D eigenvalue weighted by molar-refractivity contribution is -0.119. The van der Waals surface area contributed by atoms with Crippen molar-refractivity contribution in [3.63, 3.8) is 0 Å². The minimum Gasteiger partial charge on any atom is -0.378 e. The third-order valence-corrected chi connectivity index (χ3v) is 2.87. The summed E-state index contributed by atoms with van der Waals surface area (Å²) in [6.45, 7) is 5.49. The molecule has 22 heavy (non-hydrogen) atoms. The Labute approximate surface area is 145 Å². The largest absolute Gasteiger partial charge is 0.378 e. The minimum absolute atomic E-state index is 0.0278. The van der Waals surface area contributed by atoms with E-state index in [-0.39, 0.29) is 19.1 Å². The number of hydrogen-bond donors (Lipinski definition) is 2. The Kier molecular flexibility index (Phi) is 17.2. The smallest absolute Gasteiger partial charge is 0.216 e. The second kappa shape index (κ2) is 17.3. The van der Waals surface area contributed by atoms with E-state index in [1.807, 2.05) is 0 Å². The van der Waals surface area contributed by atoms with E-state index in [1.165, 1.54) is 6.92 Å². The van der Waals surface area contributed by atoms with Crippen LogP contribution >= 0.6 is 22.9 Å². The molecule has 132 valence electrons. The Morgan fingerprint density at radius 3 is 2.00 bits per heavy atom. The summed E-state index contributed by atoms with van der Waals surface area (Å²) < 4.78 is 37.1. The maximum Gasteiger partial charge on any atom is 0.216 e. The van der Waals surface area contributed by atoms with Gasteiger partial charge in [-0.15, -0.1) is 0 Å². The van der Waals surface area contributed by atoms with Crippen LogP contribution in [0, 0.1) is 0 Å². The van der Waals surface area contributed by atoms with Gasteiger partial charge in [-0.3, -0.25) is 8.32 Å². The van der Waals surface area contributed by atoms with Crippen molar-refractivity contribution in [1.29, 1.82) is 0 Å². The summed E-state index contributed by atoms with van der Waals surface area (Å²) in [6.07, 6.45) is -1.20. The second-order valence-corrected chi connectivity index (χ2v) is 5.09. The summed E-state index contributed by atoms with van der Waals surface area (Å²) in [6, 6.07) is 0. The molecule has 0 aliphatic rings. The summed E-state index contributed by atoms with van der Waals surface area (Å²) in [5.41, 5.74) is 0. The van der Waals surface area contributed by atoms with Gasteiger partial charge >= 0.3 is 0 Å². The molecule has 0 saturated carbocycles. The number of ether oxygens (including phenoxy) is 4. The van der Waals surface area contributed by atoms with Crippen LogP contribution in [0.2, 0.25) is 0 Å². The third-order valence-electron chi connectivity index (χ3n) is 2.33. The van der Waals surface area contributed by atoms with E-state index in [9.17, 15) is 9.18 Å². The lowest BCUT2D eigenvalue weighted by Gasteiger charge is -2.10. The lowest BCUT2D eigenvalue weighted by Crippen LogP contribution is -2.30. The molecule has 7 nitrogen and oxygen atoms in total. The number of carbonyl (C=O) groups excluding carboxylic acids is 1. The van der Waals surface area contributed by atoms with E-state index in [4.69, 9.17) is 18.9 Å². The molecule has 0 radical (unpaired) electrons. The molecular weight excluding hydrogens is 410 g/mol. The molecule has 0 aromatic carbocycles. The Morgan fingerprint density at radius 2 is 1.50 bits per heavy atom. The first-order valence-corrected chi connectivity index (χ1v) is 8.27. The maximum absolute atomic E-state index is 13.2. The van der Waals surface area contributed by atoms with Crippen LogP contribution in [-0.4, -0.2) is 78.0 Å². The van der Waals surface area contributed by atoms with Crippen LogP contribution in [0.15, 0.2) is 0 Å². The molecule has 0 heterocycles. The summed E-state index contributed by atoms with van der Waals surface area (Å²) in [4.78, 5) is 10.6. The molecule has 1 amide bonds. The van der Waals surface area contributed by atoms with E-state index in [2.05, 4.69) is 31.7 Å². The van der Waals surface area contributed by atoms with Gasteiger partial charge in [0, 0.05) is 36.3 Å². The van der Waals surface area contributed by atoms with Gasteiger partial charge in [-0.05, 0) is 0 Å². The van der Waals surface area contributed by atoms with Gasteiger partial charge in [-0.2, -0.15) is 0 Å². The lowest BCUT2D eigenvalue weighted by atomic mass is 10.4. The average molecular weight is 436 g/mol. The van der Waals surface area contributed by atoms with Crippen LogP contribution in [0.5, 0.6) is 0 Å². The van der Waals surface area contributed by atoms with Crippen LogP contribution < -0.4 is 8.85 Å². The number of rotatable bonds is 16. The van der Waals surface area contributed by atoms with Crippen LogP contribution in [-0.2, 0) is 23.7 Å². The number of amides is 1. The topological polar surface area (TPSA) is 78.1 Å². The first kappa shape index (κ1) is 21.9. The molecule has 2 N–H and O–H groups in total. The number of hydrogen-bond acceptors (Lipinski definition) is 6. The van der Waals surface area contributed by atoms with E-state index >= 15 is 0 Å². The number of carbonyl (C=O) groups is 1. The van der Waals surface area contributed by atoms with Crippen molar-refractivity contribution < 1.29 is 28.1 Å². The number of alkyl halides is 1. The summed E-state index contributed by atoms with van der Waals surface area (Å²) in [5.74, 6) is -0.252. The summed E-state index contributed by atoms with van der Waals surface area (Å²) in [7, 11) is 0. The molecule has 0 saturated heterocycles. The van der Waals surface area contributed by atoms with Gasteiger partial charge in [0.15, 0.2) is 0 Å². The minimum atomic E-state index is -1.20. The second-order valence-electron chi connectivity index (χ2n) is 4.33. The zero-order valence-corrected chi connectivity index (χ0v) is 15.1. The molecule has 9 heteroatoms. The first-order valence-electron chi connectivity index (χ1n) is 7.19. The molecule has 0 aliphatic carbocycles. The quantitative estimate of drug-likeness (QED) is 0.208. The van der Waals surface area contributed by atoms with Gasteiger partial charge in [0.25, 0.3) is 0 Å². The number of nitrogens with one attached hydrogen (secondary N) is 2. The van der Waals surface area contributed by atoms with Gasteiger partial charge in [0.05, 0.1) is 59.4 Å². The van der Waals surface area contributed by atoms with Crippen LogP contribution in [0.4, 0.5) is 4.39 Å². The van der Waals surface area contributed by atoms with Crippen molar-refractivity contribution >= 4 is 28.8 Å². The molecule has 0 aromatic rings. The van der Waals surface area contributed by atoms with Crippen molar-refractivity contribution in [3.8, 4) is 0 Å². The molecular formula is C13H26FIN2O5. The predicted octanol–water partition coefficient (Wildman–Crippen LogP) is 0.467. The van der Waals surface area contributed by atoms with E-state index < -0.39 is 6.17 Å². The highest BCUT2D eigenvalue weighted by atomic mass is 127. The monoisotopic (exact) mass is 436 g/mol. The van der Waals surface area contributed by atoms with Gasteiger partial charge in [0.1, 0.15) is 6.17 Å². The van der Waals surface area contributed by atoms with Gasteiger partial charge in [0.2, 0.25) is 5.91 Å². The first-order chi connectivity index (χ1) is 10.7. The highest BCUT2D eigenvalue weighted by Crippen LogP contribution is 1.91. The Hall–Kier alpha value is -0.0700. The normalized spacial score (nSPS) is 12.3. The highest BCUT2D eigenvalue weighted by molar-refractivity contribution is 14.1. The van der Waals surface area contributed by atoms with Crippen LogP contribution in [0.25, 0.3) is 0 Å². The van der Waals surface area contributed by atoms with Crippen molar-refractivity contribution in [1.82, 2.24) is 8.85 Å². The predicted molar refractivity (Wildman–Crippen MR) is 88.9 cm³/mol. The van der Waals surface area contributed by atoms with Crippen LogP contribution in [0.1, 0.15) is 6.92 Å².